The van der Waals surface area contributed by atoms with E-state index in [9.17, 15) is 4.79 Å². The van der Waals surface area contributed by atoms with E-state index in [1.165, 1.54) is 0 Å². The average Bonchev–Trinajstić information content (AvgIpc) is 3.45. The maximum absolute atomic E-state index is 14.0. The molecule has 3 heterocycles. The third kappa shape index (κ3) is 2.21. The maximum atomic E-state index is 14.0. The van der Waals surface area contributed by atoms with Gasteiger partial charge in [0.2, 0.25) is 12.7 Å². The smallest absolute Gasteiger partial charge is 0.246 e. The lowest BCUT2D eigenvalue weighted by atomic mass is 9.77. The Kier molecular flexibility index (Phi) is 3.53. The van der Waals surface area contributed by atoms with E-state index in [0.29, 0.717) is 23.8 Å². The van der Waals surface area contributed by atoms with Gasteiger partial charge < -0.3 is 23.8 Å². The highest BCUT2D eigenvalue weighted by molar-refractivity contribution is 6.11. The van der Waals surface area contributed by atoms with Gasteiger partial charge in [0.1, 0.15) is 23.5 Å². The van der Waals surface area contributed by atoms with Gasteiger partial charge in [0, 0.05) is 17.3 Å². The molecule has 1 atom stereocenters. The Morgan fingerprint density at radius 1 is 0.933 bits per heavy atom. The zero-order valence-corrected chi connectivity index (χ0v) is 16.4. The predicted octanol–water partition coefficient (Wildman–Crippen LogP) is 3.65. The van der Waals surface area contributed by atoms with E-state index in [4.69, 9.17) is 18.9 Å². The monoisotopic (exact) mass is 401 g/mol. The normalized spacial score (nSPS) is 20.3. The molecule has 3 aromatic rings. The number of benzene rings is 3. The quantitative estimate of drug-likeness (QED) is 0.671. The van der Waals surface area contributed by atoms with Crippen LogP contribution in [0.15, 0.2) is 60.7 Å². The Morgan fingerprint density at radius 2 is 1.77 bits per heavy atom. The second kappa shape index (κ2) is 6.16. The fourth-order valence-electron chi connectivity index (χ4n) is 4.68. The van der Waals surface area contributed by atoms with E-state index < -0.39 is 5.41 Å². The zero-order chi connectivity index (χ0) is 20.3. The maximum Gasteiger partial charge on any atom is 0.246 e. The lowest BCUT2D eigenvalue weighted by Gasteiger charge is -2.23. The lowest BCUT2D eigenvalue weighted by Crippen LogP contribution is -2.42. The van der Waals surface area contributed by atoms with Crippen LogP contribution in [0, 0.1) is 0 Å². The molecule has 30 heavy (non-hydrogen) atoms. The van der Waals surface area contributed by atoms with Crippen molar-refractivity contribution in [3.8, 4) is 23.0 Å². The number of fused-ring (bicyclic) bond motifs is 5. The summed E-state index contributed by atoms with van der Waals surface area (Å²) >= 11 is 0. The largest absolute Gasteiger partial charge is 0.497 e. The van der Waals surface area contributed by atoms with Gasteiger partial charge in [-0.15, -0.1) is 0 Å². The summed E-state index contributed by atoms with van der Waals surface area (Å²) in [6, 6.07) is 19.4. The van der Waals surface area contributed by atoms with Crippen molar-refractivity contribution in [1.29, 1.82) is 0 Å². The number of carbonyl (C=O) groups excluding carboxylic acids is 1. The molecule has 0 radical (unpaired) electrons. The fraction of sp³-hybridized carbons (Fsp3) is 0.208. The van der Waals surface area contributed by atoms with Crippen LogP contribution in [-0.2, 0) is 16.8 Å². The minimum Gasteiger partial charge on any atom is -0.497 e. The van der Waals surface area contributed by atoms with Crippen LogP contribution in [0.3, 0.4) is 0 Å². The van der Waals surface area contributed by atoms with Crippen molar-refractivity contribution in [3.63, 3.8) is 0 Å². The molecule has 1 amide bonds. The summed E-state index contributed by atoms with van der Waals surface area (Å²) in [5, 5.41) is 0. The number of carbonyl (C=O) groups is 1. The number of para-hydroxylation sites is 1. The fourth-order valence-corrected chi connectivity index (χ4v) is 4.68. The molecule has 150 valence electrons. The zero-order valence-electron chi connectivity index (χ0n) is 16.4. The average molecular weight is 401 g/mol. The minimum absolute atomic E-state index is 0.00383. The van der Waals surface area contributed by atoms with Crippen LogP contribution in [0.25, 0.3) is 0 Å². The van der Waals surface area contributed by atoms with Crippen LogP contribution >= 0.6 is 0 Å². The molecule has 6 rings (SSSR count). The molecule has 6 heteroatoms. The molecular weight excluding hydrogens is 382 g/mol. The van der Waals surface area contributed by atoms with Gasteiger partial charge in [0.15, 0.2) is 11.5 Å². The van der Waals surface area contributed by atoms with Gasteiger partial charge >= 0.3 is 0 Å². The van der Waals surface area contributed by atoms with Gasteiger partial charge in [-0.2, -0.15) is 0 Å². The van der Waals surface area contributed by atoms with Crippen LogP contribution in [0.4, 0.5) is 5.69 Å². The SMILES string of the molecule is COc1cccc(CN2C(=O)C3(COc4cc5c(cc43)OCO5)c3ccccc32)c1. The van der Waals surface area contributed by atoms with Gasteiger partial charge in [-0.05, 0) is 35.4 Å². The van der Waals surface area contributed by atoms with Crippen molar-refractivity contribution in [3.05, 3.63) is 77.4 Å². The lowest BCUT2D eigenvalue weighted by molar-refractivity contribution is -0.122. The summed E-state index contributed by atoms with van der Waals surface area (Å²) in [5.41, 5.74) is 2.80. The van der Waals surface area contributed by atoms with Crippen molar-refractivity contribution in [2.45, 2.75) is 12.0 Å². The van der Waals surface area contributed by atoms with Gasteiger partial charge in [-0.25, -0.2) is 0 Å². The molecule has 1 unspecified atom stereocenters. The molecule has 0 bridgehead atoms. The van der Waals surface area contributed by atoms with E-state index in [0.717, 1.165) is 28.1 Å². The van der Waals surface area contributed by atoms with Gasteiger partial charge in [0.25, 0.3) is 0 Å². The van der Waals surface area contributed by atoms with E-state index in [1.807, 2.05) is 65.6 Å². The number of hydrogen-bond donors (Lipinski definition) is 0. The summed E-state index contributed by atoms with van der Waals surface area (Å²) < 4.78 is 22.4. The molecule has 3 aliphatic rings. The van der Waals surface area contributed by atoms with E-state index in [1.54, 1.807) is 7.11 Å². The van der Waals surface area contributed by atoms with Gasteiger partial charge in [0.05, 0.1) is 13.7 Å². The molecule has 0 fully saturated rings. The molecule has 0 saturated heterocycles. The first kappa shape index (κ1) is 17.2. The first-order valence-corrected chi connectivity index (χ1v) is 9.82. The number of methoxy groups -OCH3 is 1. The molecule has 0 N–H and O–H groups in total. The molecule has 1 spiro atoms. The minimum atomic E-state index is -0.883. The van der Waals surface area contributed by atoms with Crippen molar-refractivity contribution < 1.29 is 23.7 Å². The molecule has 3 aliphatic heterocycles. The van der Waals surface area contributed by atoms with Crippen LogP contribution in [0.2, 0.25) is 0 Å². The first-order chi connectivity index (χ1) is 14.7. The number of rotatable bonds is 3. The third-order valence-corrected chi connectivity index (χ3v) is 6.12. The Balaban J connectivity index is 1.48. The molecule has 0 aromatic heterocycles. The standard InChI is InChI=1S/C24H19NO5/c1-27-16-6-4-5-15(9-16)12-25-19-8-3-2-7-17(19)24(23(25)26)13-28-20-11-22-21(10-18(20)24)29-14-30-22/h2-11H,12-14H2,1H3. The molecule has 6 nitrogen and oxygen atoms in total. The summed E-state index contributed by atoms with van der Waals surface area (Å²) in [7, 11) is 1.64. The summed E-state index contributed by atoms with van der Waals surface area (Å²) in [4.78, 5) is 15.8. The number of nitrogens with zero attached hydrogens (tertiary/aromatic N) is 1. The highest BCUT2D eigenvalue weighted by Gasteiger charge is 2.57. The topological polar surface area (TPSA) is 57.2 Å². The summed E-state index contributed by atoms with van der Waals surface area (Å²) in [6.07, 6.45) is 0. The highest BCUT2D eigenvalue weighted by Crippen LogP contribution is 2.55. The Bertz CT molecular complexity index is 1190. The van der Waals surface area contributed by atoms with Crippen molar-refractivity contribution in [2.24, 2.45) is 0 Å². The summed E-state index contributed by atoms with van der Waals surface area (Å²) in [5.74, 6) is 2.74. The van der Waals surface area contributed by atoms with Crippen molar-refractivity contribution in [1.82, 2.24) is 0 Å². The van der Waals surface area contributed by atoms with Crippen molar-refractivity contribution >= 4 is 11.6 Å². The van der Waals surface area contributed by atoms with E-state index in [-0.39, 0.29) is 19.3 Å². The highest BCUT2D eigenvalue weighted by atomic mass is 16.7. The first-order valence-electron chi connectivity index (χ1n) is 9.82. The van der Waals surface area contributed by atoms with Crippen LogP contribution in [0.5, 0.6) is 23.0 Å². The molecular formula is C24H19NO5. The van der Waals surface area contributed by atoms with Gasteiger partial charge in [-0.3, -0.25) is 4.79 Å². The van der Waals surface area contributed by atoms with Crippen LogP contribution < -0.4 is 23.8 Å². The van der Waals surface area contributed by atoms with E-state index >= 15 is 0 Å². The Morgan fingerprint density at radius 3 is 2.63 bits per heavy atom. The van der Waals surface area contributed by atoms with Gasteiger partial charge in [-0.1, -0.05) is 30.3 Å². The number of anilines is 1. The van der Waals surface area contributed by atoms with Crippen molar-refractivity contribution in [2.75, 3.05) is 25.4 Å². The third-order valence-electron chi connectivity index (χ3n) is 6.12. The number of amides is 1. The second-order valence-electron chi connectivity index (χ2n) is 7.66. The predicted molar refractivity (Wildman–Crippen MR) is 109 cm³/mol. The van der Waals surface area contributed by atoms with Crippen LogP contribution in [-0.4, -0.2) is 26.4 Å². The summed E-state index contributed by atoms with van der Waals surface area (Å²) in [6.45, 7) is 0.891. The molecule has 0 saturated carbocycles. The number of ether oxygens (including phenoxy) is 4. The molecule has 3 aromatic carbocycles. The van der Waals surface area contributed by atoms with Crippen LogP contribution in [0.1, 0.15) is 16.7 Å². The van der Waals surface area contributed by atoms with E-state index in [2.05, 4.69) is 0 Å². The molecule has 0 aliphatic carbocycles. The number of hydrogen-bond acceptors (Lipinski definition) is 5. The Hall–Kier alpha value is -3.67. The second-order valence-corrected chi connectivity index (χ2v) is 7.66. The Labute approximate surface area is 173 Å².